The molecule has 150 valence electrons. The minimum Gasteiger partial charge on any atom is -0.495 e. The predicted octanol–water partition coefficient (Wildman–Crippen LogP) is 3.77. The van der Waals surface area contributed by atoms with Crippen LogP contribution in [-0.2, 0) is 4.79 Å². The Hall–Kier alpha value is -2.80. The smallest absolute Gasteiger partial charge is 0.321 e. The number of fused-ring (bicyclic) bond motifs is 1. The first-order valence-electron chi connectivity index (χ1n) is 9.66. The zero-order valence-electron chi connectivity index (χ0n) is 16.1. The third kappa shape index (κ3) is 4.92. The molecule has 3 amide bonds. The molecule has 7 nitrogen and oxygen atoms in total. The maximum Gasteiger partial charge on any atom is 0.321 e. The largest absolute Gasteiger partial charge is 0.495 e. The first-order valence-corrected chi connectivity index (χ1v) is 9.66. The van der Waals surface area contributed by atoms with Gasteiger partial charge in [0.1, 0.15) is 5.75 Å². The first kappa shape index (κ1) is 19.9. The Morgan fingerprint density at radius 3 is 2.50 bits per heavy atom. The normalized spacial score (nSPS) is 14.7. The zero-order valence-corrected chi connectivity index (χ0v) is 16.1. The van der Waals surface area contributed by atoms with Gasteiger partial charge in [-0.1, -0.05) is 24.3 Å². The zero-order chi connectivity index (χ0) is 19.9. The number of likely N-dealkylation sites (tertiary alicyclic amines) is 1. The van der Waals surface area contributed by atoms with Crippen molar-refractivity contribution in [3.8, 4) is 5.75 Å². The van der Waals surface area contributed by atoms with Crippen LogP contribution in [0.5, 0.6) is 5.75 Å². The Balaban J connectivity index is 1.54. The number of amides is 3. The van der Waals surface area contributed by atoms with Crippen LogP contribution in [0.2, 0.25) is 0 Å². The fraction of sp³-hybridized carbons (Fsp3) is 0.429. The molecule has 0 spiro atoms. The minimum absolute atomic E-state index is 0.119. The van der Waals surface area contributed by atoms with Crippen LogP contribution in [0.3, 0.4) is 0 Å². The van der Waals surface area contributed by atoms with Crippen LogP contribution >= 0.6 is 0 Å². The van der Waals surface area contributed by atoms with Gasteiger partial charge in [0.2, 0.25) is 5.91 Å². The van der Waals surface area contributed by atoms with Gasteiger partial charge in [-0.05, 0) is 54.5 Å². The summed E-state index contributed by atoms with van der Waals surface area (Å²) >= 11 is 0. The number of ether oxygens (including phenoxy) is 1. The van der Waals surface area contributed by atoms with Crippen molar-refractivity contribution in [2.45, 2.75) is 32.1 Å². The van der Waals surface area contributed by atoms with Gasteiger partial charge in [-0.15, -0.1) is 0 Å². The number of piperidine rings is 1. The van der Waals surface area contributed by atoms with E-state index in [1.54, 1.807) is 12.6 Å². The van der Waals surface area contributed by atoms with Crippen LogP contribution in [0.1, 0.15) is 32.1 Å². The second-order valence-electron chi connectivity index (χ2n) is 7.19. The lowest BCUT2D eigenvalue weighted by molar-refractivity contribution is -0.129. The number of hydrogen-bond donors (Lipinski definition) is 3. The van der Waals surface area contributed by atoms with E-state index in [4.69, 9.17) is 9.94 Å². The van der Waals surface area contributed by atoms with Crippen molar-refractivity contribution in [1.29, 1.82) is 0 Å². The molecule has 2 aromatic carbocycles. The van der Waals surface area contributed by atoms with Crippen LogP contribution < -0.4 is 15.5 Å². The summed E-state index contributed by atoms with van der Waals surface area (Å²) in [6, 6.07) is 11.7. The molecule has 0 aliphatic carbocycles. The van der Waals surface area contributed by atoms with Crippen molar-refractivity contribution >= 4 is 28.4 Å². The highest BCUT2D eigenvalue weighted by Crippen LogP contribution is 2.31. The molecular weight excluding hydrogens is 358 g/mol. The predicted molar refractivity (Wildman–Crippen MR) is 108 cm³/mol. The second-order valence-corrected chi connectivity index (χ2v) is 7.19. The number of methoxy groups -OCH3 is 1. The quantitative estimate of drug-likeness (QED) is 0.521. The summed E-state index contributed by atoms with van der Waals surface area (Å²) < 4.78 is 5.45. The van der Waals surface area contributed by atoms with Crippen molar-refractivity contribution in [1.82, 2.24) is 10.4 Å². The summed E-state index contributed by atoms with van der Waals surface area (Å²) in [5, 5.41) is 13.6. The van der Waals surface area contributed by atoms with Crippen molar-refractivity contribution < 1.29 is 19.5 Å². The van der Waals surface area contributed by atoms with E-state index in [0.29, 0.717) is 36.9 Å². The summed E-state index contributed by atoms with van der Waals surface area (Å²) in [5.74, 6) is 0.802. The van der Waals surface area contributed by atoms with Crippen molar-refractivity contribution in [2.75, 3.05) is 25.5 Å². The lowest BCUT2D eigenvalue weighted by Crippen LogP contribution is -2.41. The van der Waals surface area contributed by atoms with Crippen molar-refractivity contribution in [3.05, 3.63) is 36.4 Å². The molecular formula is C21H27N3O4. The van der Waals surface area contributed by atoms with E-state index < -0.39 is 0 Å². The number of urea groups is 1. The van der Waals surface area contributed by atoms with Gasteiger partial charge < -0.3 is 15.0 Å². The minimum atomic E-state index is -0.346. The highest BCUT2D eigenvalue weighted by Gasteiger charge is 2.23. The lowest BCUT2D eigenvalue weighted by Gasteiger charge is -2.32. The molecule has 1 heterocycles. The highest BCUT2D eigenvalue weighted by molar-refractivity contribution is 5.96. The van der Waals surface area contributed by atoms with Gasteiger partial charge in [0.15, 0.2) is 0 Å². The summed E-state index contributed by atoms with van der Waals surface area (Å²) in [6.07, 6.45) is 3.85. The number of nitrogens with zero attached hydrogens (tertiary/aromatic N) is 1. The van der Waals surface area contributed by atoms with Crippen LogP contribution in [0.25, 0.3) is 10.8 Å². The van der Waals surface area contributed by atoms with Crippen molar-refractivity contribution in [2.24, 2.45) is 5.92 Å². The number of benzene rings is 2. The van der Waals surface area contributed by atoms with Gasteiger partial charge in [0.25, 0.3) is 0 Å². The highest BCUT2D eigenvalue weighted by atomic mass is 16.5. The average Bonchev–Trinajstić information content (AvgIpc) is 2.73. The maximum atomic E-state index is 12.7. The molecule has 1 aliphatic heterocycles. The Kier molecular flexibility index (Phi) is 6.71. The number of hydroxylamine groups is 1. The monoisotopic (exact) mass is 385 g/mol. The number of carbonyl (C=O) groups excluding carboxylic acids is 2. The van der Waals surface area contributed by atoms with E-state index in [1.807, 2.05) is 41.3 Å². The molecule has 1 aliphatic rings. The van der Waals surface area contributed by atoms with Gasteiger partial charge >= 0.3 is 6.03 Å². The Morgan fingerprint density at radius 1 is 1.18 bits per heavy atom. The fourth-order valence-corrected chi connectivity index (χ4v) is 3.71. The van der Waals surface area contributed by atoms with Crippen LogP contribution in [0, 0.1) is 5.92 Å². The van der Waals surface area contributed by atoms with E-state index in [9.17, 15) is 9.59 Å². The summed E-state index contributed by atoms with van der Waals surface area (Å²) in [7, 11) is 1.60. The van der Waals surface area contributed by atoms with Gasteiger partial charge in [-0.25, -0.2) is 10.3 Å². The molecule has 0 aromatic heterocycles. The molecule has 0 saturated carbocycles. The van der Waals surface area contributed by atoms with Gasteiger partial charge in [0, 0.05) is 19.5 Å². The van der Waals surface area contributed by atoms with Crippen LogP contribution in [0.15, 0.2) is 36.4 Å². The standard InChI is InChI=1S/C21H27N3O4/c1-28-19-14-17-7-3-2-6-16(17)13-18(19)22-21(26)24-11-9-15(10-12-24)5-4-8-20(25)23-27/h2-3,6-7,13-15,27H,4-5,8-12H2,1H3,(H,22,26)(H,23,25). The molecule has 1 fully saturated rings. The summed E-state index contributed by atoms with van der Waals surface area (Å²) in [6.45, 7) is 1.39. The van der Waals surface area contributed by atoms with Crippen molar-refractivity contribution in [3.63, 3.8) is 0 Å². The maximum absolute atomic E-state index is 12.7. The molecule has 3 N–H and O–H groups in total. The van der Waals surface area contributed by atoms with Gasteiger partial charge in [-0.3, -0.25) is 10.0 Å². The third-order valence-electron chi connectivity index (χ3n) is 5.35. The second kappa shape index (κ2) is 9.41. The Morgan fingerprint density at radius 2 is 1.86 bits per heavy atom. The Bertz CT molecular complexity index is 832. The van der Waals surface area contributed by atoms with Gasteiger partial charge in [-0.2, -0.15) is 0 Å². The molecule has 0 radical (unpaired) electrons. The fourth-order valence-electron chi connectivity index (χ4n) is 3.71. The van der Waals surface area contributed by atoms with E-state index in [0.717, 1.165) is 36.5 Å². The van der Waals surface area contributed by atoms with E-state index in [-0.39, 0.29) is 11.9 Å². The van der Waals surface area contributed by atoms with E-state index in [2.05, 4.69) is 5.32 Å². The first-order chi connectivity index (χ1) is 13.6. The summed E-state index contributed by atoms with van der Waals surface area (Å²) in [5.41, 5.74) is 2.33. The molecule has 0 bridgehead atoms. The average molecular weight is 385 g/mol. The van der Waals surface area contributed by atoms with Crippen LogP contribution in [-0.4, -0.2) is 42.2 Å². The van der Waals surface area contributed by atoms with Gasteiger partial charge in [0.05, 0.1) is 12.8 Å². The molecule has 7 heteroatoms. The molecule has 28 heavy (non-hydrogen) atoms. The van der Waals surface area contributed by atoms with E-state index in [1.165, 1.54) is 0 Å². The number of anilines is 1. The Labute approximate surface area is 164 Å². The van der Waals surface area contributed by atoms with E-state index >= 15 is 0 Å². The number of hydrogen-bond acceptors (Lipinski definition) is 4. The number of nitrogens with one attached hydrogen (secondary N) is 2. The lowest BCUT2D eigenvalue weighted by atomic mass is 9.91. The molecule has 0 atom stereocenters. The SMILES string of the molecule is COc1cc2ccccc2cc1NC(=O)N1CCC(CCCC(=O)NO)CC1. The molecule has 2 aromatic rings. The van der Waals surface area contributed by atoms with Crippen LogP contribution in [0.4, 0.5) is 10.5 Å². The molecule has 0 unspecified atom stereocenters. The molecule has 1 saturated heterocycles. The molecule has 3 rings (SSSR count). The number of carbonyl (C=O) groups is 2. The topological polar surface area (TPSA) is 90.9 Å². The number of rotatable bonds is 6. The third-order valence-corrected chi connectivity index (χ3v) is 5.35. The summed E-state index contributed by atoms with van der Waals surface area (Å²) in [4.78, 5) is 25.6.